The van der Waals surface area contributed by atoms with E-state index in [1.165, 1.54) is 18.4 Å². The molecule has 4 rings (SSSR count). The fraction of sp³-hybridized carbons (Fsp3) is 0. The predicted molar refractivity (Wildman–Crippen MR) is 88.7 cm³/mol. The van der Waals surface area contributed by atoms with Crippen molar-refractivity contribution in [3.63, 3.8) is 0 Å². The monoisotopic (exact) mass is 340 g/mol. The van der Waals surface area contributed by atoms with E-state index in [-0.39, 0.29) is 11.3 Å². The molecule has 0 saturated carbocycles. The van der Waals surface area contributed by atoms with Crippen molar-refractivity contribution in [2.24, 2.45) is 0 Å². The average Bonchev–Trinajstić information content (AvgIpc) is 3.02. The smallest absolute Gasteiger partial charge is 0.343 e. The minimum Gasteiger partial charge on any atom is -0.464 e. The molecule has 0 amide bonds. The van der Waals surface area contributed by atoms with Crippen molar-refractivity contribution in [2.45, 2.75) is 0 Å². The average molecular weight is 341 g/mol. The van der Waals surface area contributed by atoms with Crippen LogP contribution in [-0.2, 0) is 0 Å². The summed E-state index contributed by atoms with van der Waals surface area (Å²) in [5, 5.41) is 1.53. The summed E-state index contributed by atoms with van der Waals surface area (Å²) in [6.07, 6.45) is 1.47. The summed E-state index contributed by atoms with van der Waals surface area (Å²) in [6.45, 7) is 0. The summed E-state index contributed by atoms with van der Waals surface area (Å²) in [5.74, 6) is -0.302. The van der Waals surface area contributed by atoms with Crippen molar-refractivity contribution in [2.75, 3.05) is 0 Å². The van der Waals surface area contributed by atoms with Crippen LogP contribution in [0.5, 0.6) is 5.75 Å². The van der Waals surface area contributed by atoms with Gasteiger partial charge in [0.2, 0.25) is 0 Å². The molecule has 2 aromatic carbocycles. The van der Waals surface area contributed by atoms with E-state index in [1.807, 2.05) is 0 Å². The molecule has 0 unspecified atom stereocenters. The van der Waals surface area contributed by atoms with Gasteiger partial charge in [0.15, 0.2) is 5.75 Å². The molecule has 0 aliphatic rings. The quantitative estimate of drug-likeness (QED) is 0.307. The molecular weight excluding hydrogens is 332 g/mol. The highest BCUT2D eigenvalue weighted by Gasteiger charge is 2.17. The molecule has 0 radical (unpaired) electrons. The largest absolute Gasteiger partial charge is 0.464 e. The number of hydrogen-bond acceptors (Lipinski definition) is 5. The van der Waals surface area contributed by atoms with Crippen molar-refractivity contribution >= 4 is 39.5 Å². The van der Waals surface area contributed by atoms with Crippen LogP contribution >= 0.6 is 11.6 Å². The summed E-state index contributed by atoms with van der Waals surface area (Å²) in [6, 6.07) is 12.5. The number of furan rings is 1. The third kappa shape index (κ3) is 2.45. The van der Waals surface area contributed by atoms with Crippen LogP contribution in [0.3, 0.4) is 0 Å². The standard InChI is InChI=1S/C18H9ClO5/c19-11-3-1-2-10(8-11)18(21)24-17-12-4-5-16(20)23-15(12)9-14-13(17)6-7-22-14/h1-9H. The van der Waals surface area contributed by atoms with Crippen LogP contribution in [0.1, 0.15) is 10.4 Å². The molecule has 2 heterocycles. The van der Waals surface area contributed by atoms with Crippen LogP contribution in [0.4, 0.5) is 0 Å². The lowest BCUT2D eigenvalue weighted by Crippen LogP contribution is -2.09. The second-order valence-electron chi connectivity index (χ2n) is 5.10. The Balaban J connectivity index is 1.89. The maximum atomic E-state index is 12.4. The summed E-state index contributed by atoms with van der Waals surface area (Å²) in [7, 11) is 0. The molecule has 0 spiro atoms. The summed E-state index contributed by atoms with van der Waals surface area (Å²) < 4.78 is 16.1. The van der Waals surface area contributed by atoms with Gasteiger partial charge in [0, 0.05) is 17.2 Å². The number of esters is 1. The molecule has 118 valence electrons. The van der Waals surface area contributed by atoms with Gasteiger partial charge in [0.25, 0.3) is 0 Å². The Morgan fingerprint density at radius 1 is 1.00 bits per heavy atom. The van der Waals surface area contributed by atoms with Crippen molar-refractivity contribution < 1.29 is 18.4 Å². The lowest BCUT2D eigenvalue weighted by molar-refractivity contribution is 0.0739. The van der Waals surface area contributed by atoms with E-state index in [0.29, 0.717) is 26.9 Å². The number of halogens is 1. The molecule has 2 aromatic heterocycles. The second-order valence-corrected chi connectivity index (χ2v) is 5.54. The van der Waals surface area contributed by atoms with Crippen LogP contribution in [-0.4, -0.2) is 5.97 Å². The zero-order chi connectivity index (χ0) is 16.7. The van der Waals surface area contributed by atoms with Crippen molar-refractivity contribution in [3.05, 3.63) is 75.8 Å². The van der Waals surface area contributed by atoms with E-state index in [2.05, 4.69) is 0 Å². The number of carbonyl (C=O) groups excluding carboxylic acids is 1. The maximum absolute atomic E-state index is 12.4. The molecule has 4 aromatic rings. The minimum atomic E-state index is -0.571. The van der Waals surface area contributed by atoms with Crippen LogP contribution in [0.25, 0.3) is 21.9 Å². The van der Waals surface area contributed by atoms with E-state index < -0.39 is 11.6 Å². The lowest BCUT2D eigenvalue weighted by Gasteiger charge is -2.08. The summed E-state index contributed by atoms with van der Waals surface area (Å²) in [4.78, 5) is 23.9. The first-order valence-corrected chi connectivity index (χ1v) is 7.41. The molecule has 0 bridgehead atoms. The molecule has 0 N–H and O–H groups in total. The third-order valence-electron chi connectivity index (χ3n) is 3.56. The van der Waals surface area contributed by atoms with Gasteiger partial charge < -0.3 is 13.6 Å². The highest BCUT2D eigenvalue weighted by atomic mass is 35.5. The fourth-order valence-electron chi connectivity index (χ4n) is 2.49. The molecule has 6 heteroatoms. The first-order chi connectivity index (χ1) is 11.6. The highest BCUT2D eigenvalue weighted by molar-refractivity contribution is 6.30. The lowest BCUT2D eigenvalue weighted by atomic mass is 10.1. The molecule has 0 aliphatic heterocycles. The topological polar surface area (TPSA) is 69.7 Å². The number of carbonyl (C=O) groups is 1. The molecule has 0 atom stereocenters. The Morgan fingerprint density at radius 2 is 1.83 bits per heavy atom. The number of hydrogen-bond donors (Lipinski definition) is 0. The molecule has 0 saturated heterocycles. The van der Waals surface area contributed by atoms with Crippen LogP contribution in [0.15, 0.2) is 68.4 Å². The van der Waals surface area contributed by atoms with Crippen LogP contribution in [0.2, 0.25) is 5.02 Å². The van der Waals surface area contributed by atoms with E-state index in [0.717, 1.165) is 0 Å². The third-order valence-corrected chi connectivity index (χ3v) is 3.80. The van der Waals surface area contributed by atoms with Gasteiger partial charge in [-0.25, -0.2) is 9.59 Å². The number of rotatable bonds is 2. The van der Waals surface area contributed by atoms with Gasteiger partial charge in [-0.05, 0) is 30.3 Å². The molecule has 5 nitrogen and oxygen atoms in total. The first kappa shape index (κ1) is 14.5. The molecular formula is C18H9ClO5. The van der Waals surface area contributed by atoms with E-state index >= 15 is 0 Å². The number of benzene rings is 2. The summed E-state index contributed by atoms with van der Waals surface area (Å²) in [5.41, 5.74) is 0.540. The molecule has 24 heavy (non-hydrogen) atoms. The van der Waals surface area contributed by atoms with E-state index in [9.17, 15) is 9.59 Å². The van der Waals surface area contributed by atoms with Gasteiger partial charge in [0.05, 0.1) is 22.6 Å². The number of fused-ring (bicyclic) bond motifs is 2. The van der Waals surface area contributed by atoms with Gasteiger partial charge in [-0.15, -0.1) is 0 Å². The van der Waals surface area contributed by atoms with Gasteiger partial charge in [0.1, 0.15) is 11.2 Å². The zero-order valence-electron chi connectivity index (χ0n) is 12.1. The SMILES string of the molecule is O=C(Oc1c2ccoc2cc2oc(=O)ccc12)c1cccc(Cl)c1. The van der Waals surface area contributed by atoms with Crippen molar-refractivity contribution in [1.29, 1.82) is 0 Å². The molecule has 0 fully saturated rings. The van der Waals surface area contributed by atoms with E-state index in [4.69, 9.17) is 25.2 Å². The van der Waals surface area contributed by atoms with Crippen molar-refractivity contribution in [1.82, 2.24) is 0 Å². The van der Waals surface area contributed by atoms with Crippen LogP contribution in [0, 0.1) is 0 Å². The van der Waals surface area contributed by atoms with Gasteiger partial charge in [-0.1, -0.05) is 17.7 Å². The Kier molecular flexibility index (Phi) is 3.36. The maximum Gasteiger partial charge on any atom is 0.343 e. The number of ether oxygens (including phenoxy) is 1. The zero-order valence-corrected chi connectivity index (χ0v) is 12.9. The predicted octanol–water partition coefficient (Wildman–Crippen LogP) is 4.41. The summed E-state index contributed by atoms with van der Waals surface area (Å²) >= 11 is 5.91. The van der Waals surface area contributed by atoms with Gasteiger partial charge in [-0.3, -0.25) is 0 Å². The second kappa shape index (κ2) is 5.54. The Hall–Kier alpha value is -3.05. The fourth-order valence-corrected chi connectivity index (χ4v) is 2.68. The first-order valence-electron chi connectivity index (χ1n) is 7.03. The Morgan fingerprint density at radius 3 is 2.67 bits per heavy atom. The van der Waals surface area contributed by atoms with Gasteiger partial charge in [-0.2, -0.15) is 0 Å². The van der Waals surface area contributed by atoms with Crippen molar-refractivity contribution in [3.8, 4) is 5.75 Å². The highest BCUT2D eigenvalue weighted by Crippen LogP contribution is 2.35. The van der Waals surface area contributed by atoms with E-state index in [1.54, 1.807) is 36.4 Å². The normalized spacial score (nSPS) is 11.0. The Bertz CT molecular complexity index is 1140. The molecule has 0 aliphatic carbocycles. The van der Waals surface area contributed by atoms with Crippen LogP contribution < -0.4 is 10.4 Å². The Labute approximate surface area is 140 Å². The van der Waals surface area contributed by atoms with Gasteiger partial charge >= 0.3 is 11.6 Å². The minimum absolute atomic E-state index is 0.268.